The molecule has 0 spiro atoms. The Morgan fingerprint density at radius 2 is 1.94 bits per heavy atom. The van der Waals surface area contributed by atoms with E-state index in [4.69, 9.17) is 9.47 Å². The molecule has 1 N–H and O–H groups in total. The van der Waals surface area contributed by atoms with Crippen molar-refractivity contribution in [1.82, 2.24) is 5.32 Å². The molecule has 1 saturated heterocycles. The van der Waals surface area contributed by atoms with Crippen molar-refractivity contribution in [2.45, 2.75) is 25.5 Å². The predicted molar refractivity (Wildman–Crippen MR) is 67.9 cm³/mol. The summed E-state index contributed by atoms with van der Waals surface area (Å²) in [7, 11) is 0. The van der Waals surface area contributed by atoms with Gasteiger partial charge < -0.3 is 14.8 Å². The van der Waals surface area contributed by atoms with Gasteiger partial charge in [0, 0.05) is 25.8 Å². The number of rotatable bonds is 6. The summed E-state index contributed by atoms with van der Waals surface area (Å²) in [4.78, 5) is 0. The van der Waals surface area contributed by atoms with Crippen LogP contribution in [-0.4, -0.2) is 32.4 Å². The molecule has 0 bridgehead atoms. The minimum absolute atomic E-state index is 0.615. The SMILES string of the molecule is c1ccc(COCCNC2CCOCC2)cc1. The smallest absolute Gasteiger partial charge is 0.0717 e. The van der Waals surface area contributed by atoms with Crippen LogP contribution in [0.5, 0.6) is 0 Å². The summed E-state index contributed by atoms with van der Waals surface area (Å²) in [5.41, 5.74) is 1.23. The second-order valence-electron chi connectivity index (χ2n) is 4.38. The normalized spacial score (nSPS) is 17.2. The van der Waals surface area contributed by atoms with Gasteiger partial charge in [0.15, 0.2) is 0 Å². The van der Waals surface area contributed by atoms with Crippen LogP contribution < -0.4 is 5.32 Å². The number of nitrogens with one attached hydrogen (secondary N) is 1. The highest BCUT2D eigenvalue weighted by atomic mass is 16.5. The Bertz CT molecular complexity index is 296. The summed E-state index contributed by atoms with van der Waals surface area (Å²) in [6, 6.07) is 10.9. The van der Waals surface area contributed by atoms with E-state index in [1.54, 1.807) is 0 Å². The van der Waals surface area contributed by atoms with Crippen molar-refractivity contribution in [3.05, 3.63) is 35.9 Å². The second-order valence-corrected chi connectivity index (χ2v) is 4.38. The molecule has 1 fully saturated rings. The maximum absolute atomic E-state index is 5.62. The molecule has 0 saturated carbocycles. The molecule has 3 heteroatoms. The van der Waals surface area contributed by atoms with Gasteiger partial charge in [0.25, 0.3) is 0 Å². The van der Waals surface area contributed by atoms with Crippen LogP contribution in [0.25, 0.3) is 0 Å². The molecule has 0 aromatic heterocycles. The van der Waals surface area contributed by atoms with E-state index in [1.165, 1.54) is 5.56 Å². The Balaban J connectivity index is 1.51. The molecule has 0 amide bonds. The molecule has 2 rings (SSSR count). The number of ether oxygens (including phenoxy) is 2. The van der Waals surface area contributed by atoms with Crippen molar-refractivity contribution in [2.75, 3.05) is 26.4 Å². The van der Waals surface area contributed by atoms with Gasteiger partial charge in [-0.1, -0.05) is 30.3 Å². The maximum atomic E-state index is 5.62. The summed E-state index contributed by atoms with van der Waals surface area (Å²) in [5.74, 6) is 0. The molecule has 94 valence electrons. The zero-order valence-corrected chi connectivity index (χ0v) is 10.2. The lowest BCUT2D eigenvalue weighted by Crippen LogP contribution is -2.36. The summed E-state index contributed by atoms with van der Waals surface area (Å²) in [5, 5.41) is 3.50. The van der Waals surface area contributed by atoms with Crippen molar-refractivity contribution in [3.63, 3.8) is 0 Å². The van der Waals surface area contributed by atoms with E-state index in [-0.39, 0.29) is 0 Å². The lowest BCUT2D eigenvalue weighted by atomic mass is 10.1. The van der Waals surface area contributed by atoms with Crippen molar-refractivity contribution >= 4 is 0 Å². The highest BCUT2D eigenvalue weighted by molar-refractivity contribution is 5.13. The van der Waals surface area contributed by atoms with Gasteiger partial charge >= 0.3 is 0 Å². The van der Waals surface area contributed by atoms with Gasteiger partial charge in [-0.2, -0.15) is 0 Å². The van der Waals surface area contributed by atoms with Gasteiger partial charge in [0.05, 0.1) is 13.2 Å². The molecule has 1 aromatic rings. The highest BCUT2D eigenvalue weighted by Gasteiger charge is 2.11. The molecule has 1 aliphatic heterocycles. The first kappa shape index (κ1) is 12.6. The third kappa shape index (κ3) is 4.86. The van der Waals surface area contributed by atoms with Crippen molar-refractivity contribution in [2.24, 2.45) is 0 Å². The first-order valence-corrected chi connectivity index (χ1v) is 6.38. The summed E-state index contributed by atoms with van der Waals surface area (Å²) < 4.78 is 10.9. The Labute approximate surface area is 103 Å². The van der Waals surface area contributed by atoms with E-state index in [2.05, 4.69) is 17.4 Å². The molecule has 3 nitrogen and oxygen atoms in total. The Kier molecular flexibility index (Phi) is 5.49. The molecule has 1 aliphatic rings. The van der Waals surface area contributed by atoms with Crippen LogP contribution in [0.1, 0.15) is 18.4 Å². The number of hydrogen-bond acceptors (Lipinski definition) is 3. The van der Waals surface area contributed by atoms with Crippen LogP contribution in [0.15, 0.2) is 30.3 Å². The van der Waals surface area contributed by atoms with Crippen LogP contribution >= 0.6 is 0 Å². The van der Waals surface area contributed by atoms with E-state index in [9.17, 15) is 0 Å². The minimum atomic E-state index is 0.615. The van der Waals surface area contributed by atoms with Gasteiger partial charge in [0.1, 0.15) is 0 Å². The molecule has 1 heterocycles. The molecule has 0 radical (unpaired) electrons. The Morgan fingerprint density at radius 3 is 2.71 bits per heavy atom. The fourth-order valence-electron chi connectivity index (χ4n) is 2.00. The third-order valence-electron chi connectivity index (χ3n) is 3.01. The summed E-state index contributed by atoms with van der Waals surface area (Å²) in [6.07, 6.45) is 2.25. The van der Waals surface area contributed by atoms with Gasteiger partial charge in [-0.05, 0) is 18.4 Å². The average molecular weight is 235 g/mol. The highest BCUT2D eigenvalue weighted by Crippen LogP contribution is 2.05. The van der Waals surface area contributed by atoms with Crippen molar-refractivity contribution in [3.8, 4) is 0 Å². The molecule has 1 aromatic carbocycles. The molecule has 0 aliphatic carbocycles. The van der Waals surface area contributed by atoms with E-state index in [0.29, 0.717) is 12.6 Å². The van der Waals surface area contributed by atoms with Gasteiger partial charge in [-0.3, -0.25) is 0 Å². The van der Waals surface area contributed by atoms with Gasteiger partial charge in [-0.15, -0.1) is 0 Å². The van der Waals surface area contributed by atoms with E-state index < -0.39 is 0 Å². The molecule has 17 heavy (non-hydrogen) atoms. The lowest BCUT2D eigenvalue weighted by Gasteiger charge is -2.23. The van der Waals surface area contributed by atoms with Crippen molar-refractivity contribution in [1.29, 1.82) is 0 Å². The monoisotopic (exact) mass is 235 g/mol. The zero-order chi connectivity index (χ0) is 11.8. The maximum Gasteiger partial charge on any atom is 0.0717 e. The van der Waals surface area contributed by atoms with Crippen LogP contribution in [0.2, 0.25) is 0 Å². The number of benzene rings is 1. The first-order valence-electron chi connectivity index (χ1n) is 6.38. The predicted octanol–water partition coefficient (Wildman–Crippen LogP) is 1.97. The summed E-state index contributed by atoms with van der Waals surface area (Å²) in [6.45, 7) is 4.19. The fourth-order valence-corrected chi connectivity index (χ4v) is 2.00. The zero-order valence-electron chi connectivity index (χ0n) is 10.2. The topological polar surface area (TPSA) is 30.5 Å². The van der Waals surface area contributed by atoms with Crippen LogP contribution in [0.3, 0.4) is 0 Å². The van der Waals surface area contributed by atoms with Crippen LogP contribution in [0, 0.1) is 0 Å². The van der Waals surface area contributed by atoms with Crippen molar-refractivity contribution < 1.29 is 9.47 Å². The Morgan fingerprint density at radius 1 is 1.18 bits per heavy atom. The standard InChI is InChI=1S/C14H21NO2/c1-2-4-13(5-3-1)12-17-11-8-15-14-6-9-16-10-7-14/h1-5,14-15H,6-12H2. The molecular formula is C14H21NO2. The molecule has 0 atom stereocenters. The largest absolute Gasteiger partial charge is 0.381 e. The third-order valence-corrected chi connectivity index (χ3v) is 3.01. The average Bonchev–Trinajstić information content (AvgIpc) is 2.41. The minimum Gasteiger partial charge on any atom is -0.381 e. The van der Waals surface area contributed by atoms with Crippen LogP contribution in [-0.2, 0) is 16.1 Å². The quantitative estimate of drug-likeness (QED) is 0.765. The molecular weight excluding hydrogens is 214 g/mol. The number of hydrogen-bond donors (Lipinski definition) is 1. The lowest BCUT2D eigenvalue weighted by molar-refractivity contribution is 0.0716. The molecule has 0 unspecified atom stereocenters. The second kappa shape index (κ2) is 7.43. The van der Waals surface area contributed by atoms with E-state index in [0.717, 1.165) is 39.2 Å². The fraction of sp³-hybridized carbons (Fsp3) is 0.571. The first-order chi connectivity index (χ1) is 8.45. The van der Waals surface area contributed by atoms with Crippen LogP contribution in [0.4, 0.5) is 0 Å². The summed E-state index contributed by atoms with van der Waals surface area (Å²) >= 11 is 0. The van der Waals surface area contributed by atoms with E-state index in [1.807, 2.05) is 18.2 Å². The Hall–Kier alpha value is -0.900. The van der Waals surface area contributed by atoms with E-state index >= 15 is 0 Å². The van der Waals surface area contributed by atoms with Gasteiger partial charge in [0.2, 0.25) is 0 Å². The van der Waals surface area contributed by atoms with Gasteiger partial charge in [-0.25, -0.2) is 0 Å².